The normalized spacial score (nSPS) is 12.1. The molecule has 0 fully saturated rings. The van der Waals surface area contributed by atoms with Gasteiger partial charge in [0, 0.05) is 18.7 Å². The van der Waals surface area contributed by atoms with E-state index in [4.69, 9.17) is 15.7 Å². The molecular weight excluding hydrogens is 268 g/mol. The molecule has 5 nitrogen and oxygen atoms in total. The smallest absolute Gasteiger partial charge is 0.261 e. The lowest BCUT2D eigenvalue weighted by atomic mass is 10.0. The molecule has 0 heterocycles. The van der Waals surface area contributed by atoms with Crippen molar-refractivity contribution < 1.29 is 18.7 Å². The van der Waals surface area contributed by atoms with Crippen molar-refractivity contribution in [3.63, 3.8) is 0 Å². The van der Waals surface area contributed by atoms with E-state index >= 15 is 0 Å². The molecule has 0 unspecified atom stereocenters. The fourth-order valence-corrected chi connectivity index (χ4v) is 1.65. The Hall–Kier alpha value is -1.73. The van der Waals surface area contributed by atoms with Gasteiger partial charge in [-0.3, -0.25) is 0 Å². The molecule has 0 saturated carbocycles. The van der Waals surface area contributed by atoms with Crippen molar-refractivity contribution in [2.45, 2.75) is 19.9 Å². The van der Waals surface area contributed by atoms with Gasteiger partial charge in [0.2, 0.25) is 0 Å². The molecule has 0 saturated heterocycles. The minimum absolute atomic E-state index is 0.0630. The van der Waals surface area contributed by atoms with Gasteiger partial charge in [-0.1, -0.05) is 17.3 Å². The lowest BCUT2D eigenvalue weighted by Gasteiger charge is -2.10. The molecular formula is C13H19F2N3O2. The summed E-state index contributed by atoms with van der Waals surface area (Å²) in [4.78, 5) is 0. The number of amidine groups is 1. The maximum absolute atomic E-state index is 11.8. The van der Waals surface area contributed by atoms with E-state index in [1.165, 1.54) is 0 Å². The number of alkyl halides is 2. The number of ether oxygens (including phenoxy) is 1. The van der Waals surface area contributed by atoms with Crippen molar-refractivity contribution in [3.8, 4) is 0 Å². The standard InChI is InChI=1S/C13H19F2N3O2/c1-9-6-10(13(16)18-19)2-3-11(9)7-17-4-5-20-8-12(14)15/h2-3,6,12,17,19H,4-5,7-8H2,1H3,(H2,16,18). The van der Waals surface area contributed by atoms with Crippen molar-refractivity contribution in [3.05, 3.63) is 34.9 Å². The fraction of sp³-hybridized carbons (Fsp3) is 0.462. The Morgan fingerprint density at radius 2 is 2.25 bits per heavy atom. The summed E-state index contributed by atoms with van der Waals surface area (Å²) in [5.41, 5.74) is 8.19. The van der Waals surface area contributed by atoms with Crippen LogP contribution in [0.15, 0.2) is 23.4 Å². The average Bonchev–Trinajstić information content (AvgIpc) is 2.42. The van der Waals surface area contributed by atoms with Crippen LogP contribution in [0.2, 0.25) is 0 Å². The van der Waals surface area contributed by atoms with E-state index in [0.717, 1.165) is 11.1 Å². The number of nitrogens with one attached hydrogen (secondary N) is 1. The van der Waals surface area contributed by atoms with Crippen molar-refractivity contribution in [1.29, 1.82) is 0 Å². The van der Waals surface area contributed by atoms with E-state index in [9.17, 15) is 8.78 Å². The first-order chi connectivity index (χ1) is 9.54. The van der Waals surface area contributed by atoms with Crippen LogP contribution in [-0.2, 0) is 11.3 Å². The van der Waals surface area contributed by atoms with Crippen LogP contribution in [0.1, 0.15) is 16.7 Å². The number of nitrogens with zero attached hydrogens (tertiary/aromatic N) is 1. The zero-order valence-electron chi connectivity index (χ0n) is 11.3. The lowest BCUT2D eigenvalue weighted by Crippen LogP contribution is -2.21. The second-order valence-electron chi connectivity index (χ2n) is 4.27. The van der Waals surface area contributed by atoms with Gasteiger partial charge in [0.25, 0.3) is 6.43 Å². The number of hydrogen-bond acceptors (Lipinski definition) is 4. The van der Waals surface area contributed by atoms with Gasteiger partial charge >= 0.3 is 0 Å². The Morgan fingerprint density at radius 1 is 1.50 bits per heavy atom. The number of oxime groups is 1. The first-order valence-electron chi connectivity index (χ1n) is 6.18. The van der Waals surface area contributed by atoms with Gasteiger partial charge in [0.1, 0.15) is 6.61 Å². The highest BCUT2D eigenvalue weighted by atomic mass is 19.3. The summed E-state index contributed by atoms with van der Waals surface area (Å²) in [6.07, 6.45) is -2.43. The van der Waals surface area contributed by atoms with E-state index < -0.39 is 13.0 Å². The Labute approximate surface area is 116 Å². The minimum Gasteiger partial charge on any atom is -0.409 e. The molecule has 0 aliphatic rings. The maximum atomic E-state index is 11.8. The van der Waals surface area contributed by atoms with Crippen LogP contribution in [0.3, 0.4) is 0 Å². The van der Waals surface area contributed by atoms with Gasteiger partial charge in [0.15, 0.2) is 5.84 Å². The third-order valence-electron chi connectivity index (χ3n) is 2.73. The Morgan fingerprint density at radius 3 is 2.85 bits per heavy atom. The fourth-order valence-electron chi connectivity index (χ4n) is 1.65. The molecule has 0 aliphatic heterocycles. The predicted molar refractivity (Wildman–Crippen MR) is 72.2 cm³/mol. The molecule has 0 bridgehead atoms. The first-order valence-corrected chi connectivity index (χ1v) is 6.18. The molecule has 0 spiro atoms. The second-order valence-corrected chi connectivity index (χ2v) is 4.27. The molecule has 0 aromatic heterocycles. The van der Waals surface area contributed by atoms with Gasteiger partial charge in [0.05, 0.1) is 6.61 Å². The van der Waals surface area contributed by atoms with Gasteiger partial charge in [-0.25, -0.2) is 8.78 Å². The van der Waals surface area contributed by atoms with Crippen LogP contribution >= 0.6 is 0 Å². The van der Waals surface area contributed by atoms with E-state index in [1.54, 1.807) is 6.07 Å². The second kappa shape index (κ2) is 8.44. The molecule has 0 amide bonds. The van der Waals surface area contributed by atoms with E-state index in [2.05, 4.69) is 10.5 Å². The monoisotopic (exact) mass is 287 g/mol. The Balaban J connectivity index is 2.38. The summed E-state index contributed by atoms with van der Waals surface area (Å²) in [5.74, 6) is 0.0630. The largest absolute Gasteiger partial charge is 0.409 e. The average molecular weight is 287 g/mol. The lowest BCUT2D eigenvalue weighted by molar-refractivity contribution is 0.0187. The van der Waals surface area contributed by atoms with Crippen molar-refractivity contribution in [2.75, 3.05) is 19.8 Å². The number of aryl methyl sites for hydroxylation is 1. The van der Waals surface area contributed by atoms with Crippen LogP contribution in [0.25, 0.3) is 0 Å². The molecule has 1 aromatic rings. The quantitative estimate of drug-likeness (QED) is 0.222. The SMILES string of the molecule is Cc1cc(/C(N)=N/O)ccc1CNCCOCC(F)F. The van der Waals surface area contributed by atoms with E-state index in [0.29, 0.717) is 18.7 Å². The molecule has 0 aliphatic carbocycles. The number of halogens is 2. The highest BCUT2D eigenvalue weighted by Gasteiger charge is 2.04. The first kappa shape index (κ1) is 16.3. The van der Waals surface area contributed by atoms with E-state index in [1.807, 2.05) is 19.1 Å². The van der Waals surface area contributed by atoms with E-state index in [-0.39, 0.29) is 12.4 Å². The molecule has 0 atom stereocenters. The summed E-state index contributed by atoms with van der Waals surface area (Å²) < 4.78 is 28.4. The predicted octanol–water partition coefficient (Wildman–Crippen LogP) is 1.46. The molecule has 112 valence electrons. The Bertz CT molecular complexity index is 453. The van der Waals surface area contributed by atoms with Gasteiger partial charge in [-0.15, -0.1) is 0 Å². The summed E-state index contributed by atoms with van der Waals surface area (Å²) >= 11 is 0. The van der Waals surface area contributed by atoms with Crippen LogP contribution in [0.5, 0.6) is 0 Å². The van der Waals surface area contributed by atoms with Crippen molar-refractivity contribution in [2.24, 2.45) is 10.9 Å². The molecule has 1 aromatic carbocycles. The molecule has 0 radical (unpaired) electrons. The van der Waals surface area contributed by atoms with Crippen LogP contribution in [-0.4, -0.2) is 37.2 Å². The van der Waals surface area contributed by atoms with Crippen molar-refractivity contribution in [1.82, 2.24) is 5.32 Å². The van der Waals surface area contributed by atoms with Crippen LogP contribution in [0.4, 0.5) is 8.78 Å². The van der Waals surface area contributed by atoms with Gasteiger partial charge in [-0.05, 0) is 24.1 Å². The molecule has 4 N–H and O–H groups in total. The number of benzene rings is 1. The zero-order valence-corrected chi connectivity index (χ0v) is 11.3. The summed E-state index contributed by atoms with van der Waals surface area (Å²) in [7, 11) is 0. The molecule has 1 rings (SSSR count). The third-order valence-corrected chi connectivity index (χ3v) is 2.73. The van der Waals surface area contributed by atoms with Gasteiger partial charge < -0.3 is 21.0 Å². The topological polar surface area (TPSA) is 79.9 Å². The summed E-state index contributed by atoms with van der Waals surface area (Å²) in [6, 6.07) is 5.45. The zero-order chi connectivity index (χ0) is 15.0. The highest BCUT2D eigenvalue weighted by Crippen LogP contribution is 2.10. The number of hydrogen-bond donors (Lipinski definition) is 3. The summed E-state index contributed by atoms with van der Waals surface area (Å²) in [6.45, 7) is 2.72. The van der Waals surface area contributed by atoms with Crippen molar-refractivity contribution >= 4 is 5.84 Å². The number of rotatable bonds is 8. The third kappa shape index (κ3) is 5.50. The van der Waals surface area contributed by atoms with Crippen LogP contribution in [0, 0.1) is 6.92 Å². The Kier molecular flexibility index (Phi) is 6.89. The summed E-state index contributed by atoms with van der Waals surface area (Å²) in [5, 5.41) is 14.6. The number of nitrogens with two attached hydrogens (primary N) is 1. The maximum Gasteiger partial charge on any atom is 0.261 e. The van der Waals surface area contributed by atoms with Gasteiger partial charge in [-0.2, -0.15) is 0 Å². The molecule has 20 heavy (non-hydrogen) atoms. The minimum atomic E-state index is -2.43. The highest BCUT2D eigenvalue weighted by molar-refractivity contribution is 5.97. The molecule has 7 heteroatoms. The van der Waals surface area contributed by atoms with Crippen LogP contribution < -0.4 is 11.1 Å².